The van der Waals surface area contributed by atoms with Gasteiger partial charge in [0, 0.05) is 12.6 Å². The van der Waals surface area contributed by atoms with Crippen LogP contribution < -0.4 is 14.8 Å². The molecule has 0 atom stereocenters. The maximum atomic E-state index is 14.1. The molecule has 0 aliphatic heterocycles. The fraction of sp³-hybridized carbons (Fsp3) is 0.529. The van der Waals surface area contributed by atoms with Gasteiger partial charge in [-0.2, -0.15) is 0 Å². The van der Waals surface area contributed by atoms with Crippen molar-refractivity contribution in [3.63, 3.8) is 0 Å². The highest BCUT2D eigenvalue weighted by atomic mass is 19.1. The van der Waals surface area contributed by atoms with E-state index in [2.05, 4.69) is 5.32 Å². The predicted molar refractivity (Wildman–Crippen MR) is 85.0 cm³/mol. The van der Waals surface area contributed by atoms with Crippen LogP contribution in [0.5, 0.6) is 11.5 Å². The molecule has 2 N–H and O–H groups in total. The molecule has 1 fully saturated rings. The Morgan fingerprint density at radius 3 is 2.29 bits per heavy atom. The Kier molecular flexibility index (Phi) is 5.64. The van der Waals surface area contributed by atoms with Crippen LogP contribution in [0.2, 0.25) is 0 Å². The van der Waals surface area contributed by atoms with Gasteiger partial charge in [-0.3, -0.25) is 9.59 Å². The van der Waals surface area contributed by atoms with Crippen molar-refractivity contribution >= 4 is 11.9 Å². The first kappa shape index (κ1) is 18.0. The van der Waals surface area contributed by atoms with Crippen LogP contribution in [0.15, 0.2) is 12.1 Å². The van der Waals surface area contributed by atoms with Crippen molar-refractivity contribution in [3.8, 4) is 11.5 Å². The third kappa shape index (κ3) is 3.60. The Morgan fingerprint density at radius 1 is 1.17 bits per heavy atom. The number of rotatable bonds is 6. The van der Waals surface area contributed by atoms with Crippen molar-refractivity contribution in [2.24, 2.45) is 5.41 Å². The molecule has 0 aromatic heterocycles. The van der Waals surface area contributed by atoms with Gasteiger partial charge in [-0.15, -0.1) is 0 Å². The van der Waals surface area contributed by atoms with E-state index in [1.165, 1.54) is 20.3 Å². The molecule has 7 heteroatoms. The number of benzene rings is 1. The molecule has 6 nitrogen and oxygen atoms in total. The Bertz CT molecular complexity index is 626. The van der Waals surface area contributed by atoms with Gasteiger partial charge in [0.25, 0.3) is 5.91 Å². The van der Waals surface area contributed by atoms with E-state index < -0.39 is 23.1 Å². The van der Waals surface area contributed by atoms with Crippen LogP contribution in [-0.2, 0) is 4.79 Å². The molecule has 1 aromatic rings. The third-order valence-corrected chi connectivity index (χ3v) is 4.57. The number of methoxy groups -OCH3 is 2. The summed E-state index contributed by atoms with van der Waals surface area (Å²) in [5, 5.41) is 12.1. The topological polar surface area (TPSA) is 84.9 Å². The highest BCUT2D eigenvalue weighted by molar-refractivity contribution is 5.95. The van der Waals surface area contributed by atoms with Crippen molar-refractivity contribution in [1.82, 2.24) is 5.32 Å². The average Bonchev–Trinajstić information content (AvgIpc) is 2.60. The second-order valence-electron chi connectivity index (χ2n) is 6.02. The molecule has 1 aromatic carbocycles. The van der Waals surface area contributed by atoms with Crippen molar-refractivity contribution in [2.45, 2.75) is 32.1 Å². The first-order chi connectivity index (χ1) is 11.4. The molecule has 24 heavy (non-hydrogen) atoms. The molecule has 0 radical (unpaired) electrons. The SMILES string of the molecule is COc1cc(F)c(C(=O)NCC2(C(=O)O)CCCCC2)cc1OC. The van der Waals surface area contributed by atoms with Crippen molar-refractivity contribution in [2.75, 3.05) is 20.8 Å². The Balaban J connectivity index is 2.16. The maximum absolute atomic E-state index is 14.1. The zero-order valence-corrected chi connectivity index (χ0v) is 13.9. The smallest absolute Gasteiger partial charge is 0.311 e. The summed E-state index contributed by atoms with van der Waals surface area (Å²) in [6.45, 7) is -0.0189. The van der Waals surface area contributed by atoms with Crippen molar-refractivity contribution in [3.05, 3.63) is 23.5 Å². The van der Waals surface area contributed by atoms with Crippen LogP contribution in [-0.4, -0.2) is 37.7 Å². The number of carboxylic acids is 1. The monoisotopic (exact) mass is 339 g/mol. The number of amides is 1. The highest BCUT2D eigenvalue weighted by Crippen LogP contribution is 2.36. The molecule has 1 saturated carbocycles. The predicted octanol–water partition coefficient (Wildman–Crippen LogP) is 2.61. The van der Waals surface area contributed by atoms with E-state index in [0.29, 0.717) is 12.8 Å². The van der Waals surface area contributed by atoms with E-state index in [9.17, 15) is 19.1 Å². The van der Waals surface area contributed by atoms with Crippen LogP contribution in [0.4, 0.5) is 4.39 Å². The molecular weight excluding hydrogens is 317 g/mol. The number of halogens is 1. The highest BCUT2D eigenvalue weighted by Gasteiger charge is 2.40. The number of nitrogens with one attached hydrogen (secondary N) is 1. The van der Waals surface area contributed by atoms with E-state index in [4.69, 9.17) is 9.47 Å². The standard InChI is InChI=1S/C17H22FNO5/c1-23-13-8-11(12(18)9-14(13)24-2)15(20)19-10-17(16(21)22)6-4-3-5-7-17/h8-9H,3-7,10H2,1-2H3,(H,19,20)(H,21,22). The summed E-state index contributed by atoms with van der Waals surface area (Å²) < 4.78 is 24.2. The molecule has 1 aliphatic rings. The van der Waals surface area contributed by atoms with E-state index in [1.807, 2.05) is 0 Å². The molecule has 0 spiro atoms. The van der Waals surface area contributed by atoms with Gasteiger partial charge >= 0.3 is 5.97 Å². The lowest BCUT2D eigenvalue weighted by molar-refractivity contribution is -0.150. The molecule has 2 rings (SSSR count). The van der Waals surface area contributed by atoms with E-state index in [-0.39, 0.29) is 23.6 Å². The van der Waals surface area contributed by atoms with Crippen LogP contribution in [0, 0.1) is 11.2 Å². The fourth-order valence-electron chi connectivity index (χ4n) is 3.07. The van der Waals surface area contributed by atoms with Crippen LogP contribution in [0.1, 0.15) is 42.5 Å². The zero-order chi connectivity index (χ0) is 17.7. The number of hydrogen-bond donors (Lipinski definition) is 2. The number of carboxylic acid groups (broad SMARTS) is 1. The van der Waals surface area contributed by atoms with Gasteiger partial charge in [0.2, 0.25) is 0 Å². The minimum atomic E-state index is -0.971. The molecule has 0 heterocycles. The second kappa shape index (κ2) is 7.51. The lowest BCUT2D eigenvalue weighted by atomic mass is 9.74. The largest absolute Gasteiger partial charge is 0.493 e. The lowest BCUT2D eigenvalue weighted by Crippen LogP contribution is -2.44. The number of aliphatic carboxylic acids is 1. The summed E-state index contributed by atoms with van der Waals surface area (Å²) in [6, 6.07) is 2.32. The number of hydrogen-bond acceptors (Lipinski definition) is 4. The second-order valence-corrected chi connectivity index (χ2v) is 6.02. The fourth-order valence-corrected chi connectivity index (χ4v) is 3.07. The number of carbonyl (C=O) groups is 2. The summed E-state index contributed by atoms with van der Waals surface area (Å²) in [4.78, 5) is 23.9. The van der Waals surface area contributed by atoms with Gasteiger partial charge < -0.3 is 19.9 Å². The zero-order valence-electron chi connectivity index (χ0n) is 13.9. The minimum Gasteiger partial charge on any atom is -0.493 e. The summed E-state index contributed by atoms with van der Waals surface area (Å²) >= 11 is 0. The number of carbonyl (C=O) groups excluding carboxylic acids is 1. The third-order valence-electron chi connectivity index (χ3n) is 4.57. The van der Waals surface area contributed by atoms with Gasteiger partial charge in [-0.25, -0.2) is 4.39 Å². The molecule has 132 valence electrons. The molecule has 1 amide bonds. The summed E-state index contributed by atoms with van der Waals surface area (Å²) in [7, 11) is 2.76. The number of ether oxygens (including phenoxy) is 2. The minimum absolute atomic E-state index is 0.0189. The van der Waals surface area contributed by atoms with Gasteiger partial charge in [-0.05, 0) is 18.9 Å². The summed E-state index contributed by atoms with van der Waals surface area (Å²) in [6.07, 6.45) is 3.64. The van der Waals surface area contributed by atoms with Gasteiger partial charge in [0.15, 0.2) is 11.5 Å². The van der Waals surface area contributed by atoms with Crippen LogP contribution in [0.25, 0.3) is 0 Å². The Hall–Kier alpha value is -2.31. The van der Waals surface area contributed by atoms with Gasteiger partial charge in [0.1, 0.15) is 5.82 Å². The maximum Gasteiger partial charge on any atom is 0.311 e. The first-order valence-corrected chi connectivity index (χ1v) is 7.86. The summed E-state index contributed by atoms with van der Waals surface area (Å²) in [5.74, 6) is -1.93. The molecular formula is C17H22FNO5. The average molecular weight is 339 g/mol. The first-order valence-electron chi connectivity index (χ1n) is 7.86. The molecule has 0 bridgehead atoms. The molecule has 0 unspecified atom stereocenters. The van der Waals surface area contributed by atoms with Gasteiger partial charge in [0.05, 0.1) is 25.2 Å². The van der Waals surface area contributed by atoms with Crippen molar-refractivity contribution < 1.29 is 28.6 Å². The Labute approximate surface area is 139 Å². The van der Waals surface area contributed by atoms with E-state index >= 15 is 0 Å². The summed E-state index contributed by atoms with van der Waals surface area (Å²) in [5.41, 5.74) is -1.18. The lowest BCUT2D eigenvalue weighted by Gasteiger charge is -2.33. The van der Waals surface area contributed by atoms with Crippen molar-refractivity contribution in [1.29, 1.82) is 0 Å². The Morgan fingerprint density at radius 2 is 1.75 bits per heavy atom. The van der Waals surface area contributed by atoms with Gasteiger partial charge in [-0.1, -0.05) is 19.3 Å². The quantitative estimate of drug-likeness (QED) is 0.832. The normalized spacial score (nSPS) is 16.3. The van der Waals surface area contributed by atoms with E-state index in [0.717, 1.165) is 25.3 Å². The molecule has 1 aliphatic carbocycles. The van der Waals surface area contributed by atoms with E-state index in [1.54, 1.807) is 0 Å². The van der Waals surface area contributed by atoms with Crippen LogP contribution >= 0.6 is 0 Å². The van der Waals surface area contributed by atoms with Crippen LogP contribution in [0.3, 0.4) is 0 Å². The molecule has 0 saturated heterocycles.